The number of aliphatic imine (C=N–C) groups is 1. The van der Waals surface area contributed by atoms with Crippen LogP contribution in [0.4, 0.5) is 0 Å². The standard InChI is InChI=1S/C16H22N4OS/c1-4-13-10-18-15(22-13)11-20-16(17-2)19-9-12-7-5-6-8-14(12)21-3/h5-8,10H,4,9,11H2,1-3H3,(H2,17,19,20). The second-order valence-corrected chi connectivity index (χ2v) is 5.86. The molecule has 0 radical (unpaired) electrons. The van der Waals surface area contributed by atoms with Gasteiger partial charge in [-0.1, -0.05) is 25.1 Å². The lowest BCUT2D eigenvalue weighted by atomic mass is 10.2. The third-order valence-corrected chi connectivity index (χ3v) is 4.36. The molecule has 1 aromatic carbocycles. The van der Waals surface area contributed by atoms with Crippen LogP contribution in [-0.2, 0) is 19.5 Å². The number of aromatic nitrogens is 1. The first-order valence-electron chi connectivity index (χ1n) is 7.26. The number of hydrogen-bond acceptors (Lipinski definition) is 4. The molecule has 6 heteroatoms. The zero-order chi connectivity index (χ0) is 15.8. The average molecular weight is 318 g/mol. The first-order valence-corrected chi connectivity index (χ1v) is 8.08. The highest BCUT2D eigenvalue weighted by Gasteiger charge is 2.05. The van der Waals surface area contributed by atoms with Gasteiger partial charge in [0.15, 0.2) is 5.96 Å². The predicted octanol–water partition coefficient (Wildman–Crippen LogP) is 2.58. The molecular formula is C16H22N4OS. The van der Waals surface area contributed by atoms with Crippen LogP contribution in [0.5, 0.6) is 5.75 Å². The number of thiazole rings is 1. The Labute approximate surface area is 135 Å². The summed E-state index contributed by atoms with van der Waals surface area (Å²) in [6.07, 6.45) is 2.96. The van der Waals surface area contributed by atoms with E-state index in [-0.39, 0.29) is 0 Å². The van der Waals surface area contributed by atoms with Crippen molar-refractivity contribution in [3.05, 3.63) is 45.9 Å². The van der Waals surface area contributed by atoms with Crippen molar-refractivity contribution in [1.29, 1.82) is 0 Å². The van der Waals surface area contributed by atoms with Crippen molar-refractivity contribution in [2.45, 2.75) is 26.4 Å². The van der Waals surface area contributed by atoms with Crippen molar-refractivity contribution in [2.24, 2.45) is 4.99 Å². The number of nitrogens with zero attached hydrogens (tertiary/aromatic N) is 2. The van der Waals surface area contributed by atoms with E-state index < -0.39 is 0 Å². The van der Waals surface area contributed by atoms with Crippen LogP contribution in [0.15, 0.2) is 35.5 Å². The van der Waals surface area contributed by atoms with Crippen LogP contribution in [0.2, 0.25) is 0 Å². The molecule has 0 saturated heterocycles. The Kier molecular flexibility index (Phi) is 6.21. The molecule has 0 amide bonds. The highest BCUT2D eigenvalue weighted by Crippen LogP contribution is 2.16. The van der Waals surface area contributed by atoms with Gasteiger partial charge < -0.3 is 15.4 Å². The molecule has 0 spiro atoms. The highest BCUT2D eigenvalue weighted by molar-refractivity contribution is 7.11. The van der Waals surface area contributed by atoms with Crippen LogP contribution in [0.3, 0.4) is 0 Å². The normalized spacial score (nSPS) is 11.3. The Morgan fingerprint density at radius 1 is 1.27 bits per heavy atom. The number of aryl methyl sites for hydroxylation is 1. The quantitative estimate of drug-likeness (QED) is 0.635. The van der Waals surface area contributed by atoms with Gasteiger partial charge in [-0.15, -0.1) is 11.3 Å². The molecule has 0 aliphatic heterocycles. The molecule has 118 valence electrons. The Hall–Kier alpha value is -2.08. The molecule has 0 atom stereocenters. The van der Waals surface area contributed by atoms with Crippen LogP contribution >= 0.6 is 11.3 Å². The van der Waals surface area contributed by atoms with Crippen molar-refractivity contribution in [2.75, 3.05) is 14.2 Å². The lowest BCUT2D eigenvalue weighted by molar-refractivity contribution is 0.409. The minimum absolute atomic E-state index is 0.655. The van der Waals surface area contributed by atoms with E-state index in [4.69, 9.17) is 4.74 Å². The van der Waals surface area contributed by atoms with Gasteiger partial charge in [0.2, 0.25) is 0 Å². The highest BCUT2D eigenvalue weighted by atomic mass is 32.1. The summed E-state index contributed by atoms with van der Waals surface area (Å²) in [7, 11) is 3.44. The SMILES string of the molecule is CCc1cnc(CNC(=NC)NCc2ccccc2OC)s1. The fraction of sp³-hybridized carbons (Fsp3) is 0.375. The van der Waals surface area contributed by atoms with Crippen LogP contribution < -0.4 is 15.4 Å². The van der Waals surface area contributed by atoms with E-state index in [1.54, 1.807) is 25.5 Å². The van der Waals surface area contributed by atoms with E-state index in [0.717, 1.165) is 28.7 Å². The summed E-state index contributed by atoms with van der Waals surface area (Å²) in [6.45, 7) is 3.47. The van der Waals surface area contributed by atoms with Gasteiger partial charge in [-0.2, -0.15) is 0 Å². The maximum Gasteiger partial charge on any atom is 0.191 e. The summed E-state index contributed by atoms with van der Waals surface area (Å²) in [5.74, 6) is 1.62. The topological polar surface area (TPSA) is 58.5 Å². The number of hydrogen-bond donors (Lipinski definition) is 2. The molecule has 5 nitrogen and oxygen atoms in total. The van der Waals surface area contributed by atoms with E-state index in [1.807, 2.05) is 30.5 Å². The van der Waals surface area contributed by atoms with Crippen LogP contribution in [0.25, 0.3) is 0 Å². The molecule has 2 rings (SSSR count). The Morgan fingerprint density at radius 3 is 2.73 bits per heavy atom. The molecule has 22 heavy (non-hydrogen) atoms. The molecule has 0 bridgehead atoms. The summed E-state index contributed by atoms with van der Waals surface area (Å²) in [6, 6.07) is 7.95. The lowest BCUT2D eigenvalue weighted by Crippen LogP contribution is -2.36. The van der Waals surface area contributed by atoms with Gasteiger partial charge in [-0.05, 0) is 12.5 Å². The zero-order valence-electron chi connectivity index (χ0n) is 13.2. The number of methoxy groups -OCH3 is 1. The average Bonchev–Trinajstić information content (AvgIpc) is 3.03. The summed E-state index contributed by atoms with van der Waals surface area (Å²) >= 11 is 1.73. The molecule has 2 aromatic rings. The minimum Gasteiger partial charge on any atom is -0.496 e. The first kappa shape index (κ1) is 16.3. The second kappa shape index (κ2) is 8.38. The Balaban J connectivity index is 1.87. The second-order valence-electron chi connectivity index (χ2n) is 4.67. The number of ether oxygens (including phenoxy) is 1. The molecule has 0 unspecified atom stereocenters. The smallest absolute Gasteiger partial charge is 0.191 e. The molecule has 1 heterocycles. The first-order chi connectivity index (χ1) is 10.8. The molecule has 0 aliphatic rings. The van der Waals surface area contributed by atoms with Crippen molar-refractivity contribution in [1.82, 2.24) is 15.6 Å². The largest absolute Gasteiger partial charge is 0.496 e. The van der Waals surface area contributed by atoms with E-state index in [2.05, 4.69) is 27.5 Å². The minimum atomic E-state index is 0.655. The van der Waals surface area contributed by atoms with E-state index in [0.29, 0.717) is 13.1 Å². The molecule has 0 saturated carbocycles. The van der Waals surface area contributed by atoms with Gasteiger partial charge >= 0.3 is 0 Å². The van der Waals surface area contributed by atoms with Crippen molar-refractivity contribution >= 4 is 17.3 Å². The Bertz CT molecular complexity index is 624. The number of benzene rings is 1. The van der Waals surface area contributed by atoms with Crippen LogP contribution in [-0.4, -0.2) is 25.1 Å². The van der Waals surface area contributed by atoms with Gasteiger partial charge in [0, 0.05) is 30.2 Å². The number of para-hydroxylation sites is 1. The van der Waals surface area contributed by atoms with Crippen LogP contribution in [0.1, 0.15) is 22.4 Å². The fourth-order valence-electron chi connectivity index (χ4n) is 2.00. The van der Waals surface area contributed by atoms with E-state index >= 15 is 0 Å². The van der Waals surface area contributed by atoms with Crippen molar-refractivity contribution in [3.8, 4) is 5.75 Å². The number of rotatable bonds is 6. The molecule has 0 fully saturated rings. The number of guanidine groups is 1. The van der Waals surface area contributed by atoms with Crippen molar-refractivity contribution in [3.63, 3.8) is 0 Å². The van der Waals surface area contributed by atoms with Gasteiger partial charge in [0.1, 0.15) is 10.8 Å². The maximum atomic E-state index is 5.35. The van der Waals surface area contributed by atoms with Gasteiger partial charge in [-0.25, -0.2) is 4.98 Å². The molecule has 0 aliphatic carbocycles. The summed E-state index contributed by atoms with van der Waals surface area (Å²) < 4.78 is 5.35. The monoisotopic (exact) mass is 318 g/mol. The fourth-order valence-corrected chi connectivity index (χ4v) is 2.80. The summed E-state index contributed by atoms with van der Waals surface area (Å²) in [4.78, 5) is 9.92. The van der Waals surface area contributed by atoms with E-state index in [9.17, 15) is 0 Å². The van der Waals surface area contributed by atoms with Gasteiger partial charge in [-0.3, -0.25) is 4.99 Å². The Morgan fingerprint density at radius 2 is 2.05 bits per heavy atom. The summed E-state index contributed by atoms with van der Waals surface area (Å²) in [5, 5.41) is 7.63. The lowest BCUT2D eigenvalue weighted by Gasteiger charge is -2.13. The zero-order valence-corrected chi connectivity index (χ0v) is 14.0. The third-order valence-electron chi connectivity index (χ3n) is 3.22. The molecule has 2 N–H and O–H groups in total. The third kappa shape index (κ3) is 4.46. The van der Waals surface area contributed by atoms with Gasteiger partial charge in [0.05, 0.1) is 13.7 Å². The molecule has 1 aromatic heterocycles. The van der Waals surface area contributed by atoms with E-state index in [1.165, 1.54) is 4.88 Å². The van der Waals surface area contributed by atoms with Crippen molar-refractivity contribution < 1.29 is 4.74 Å². The van der Waals surface area contributed by atoms with Gasteiger partial charge in [0.25, 0.3) is 0 Å². The maximum absolute atomic E-state index is 5.35. The summed E-state index contributed by atoms with van der Waals surface area (Å²) in [5.41, 5.74) is 1.09. The predicted molar refractivity (Wildman–Crippen MR) is 91.5 cm³/mol. The van der Waals surface area contributed by atoms with Crippen LogP contribution in [0, 0.1) is 0 Å². The molecular weight excluding hydrogens is 296 g/mol. The number of nitrogens with one attached hydrogen (secondary N) is 2.